The number of aromatic nitrogens is 2. The Bertz CT molecular complexity index is 515. The predicted molar refractivity (Wildman–Crippen MR) is 75.1 cm³/mol. The van der Waals surface area contributed by atoms with Gasteiger partial charge in [0.25, 0.3) is 0 Å². The Morgan fingerprint density at radius 1 is 1.40 bits per heavy atom. The summed E-state index contributed by atoms with van der Waals surface area (Å²) in [5.41, 5.74) is 0.862. The van der Waals surface area contributed by atoms with Crippen LogP contribution in [0.4, 0.5) is 0 Å². The van der Waals surface area contributed by atoms with E-state index < -0.39 is 0 Å². The van der Waals surface area contributed by atoms with E-state index in [4.69, 9.17) is 8.94 Å². The van der Waals surface area contributed by atoms with Crippen molar-refractivity contribution in [3.8, 4) is 11.4 Å². The molecule has 2 aromatic rings. The highest BCUT2D eigenvalue weighted by Crippen LogP contribution is 2.29. The maximum absolute atomic E-state index is 5.38. The van der Waals surface area contributed by atoms with E-state index in [2.05, 4.69) is 22.4 Å². The smallest absolute Gasteiger partial charge is 0.228 e. The highest BCUT2D eigenvalue weighted by atomic mass is 16.5. The SMILES string of the molecule is CCNC(Cc1nc(-c2ccoc2)no1)C1CCCC1. The van der Waals surface area contributed by atoms with Crippen LogP contribution in [0.25, 0.3) is 11.4 Å². The Balaban J connectivity index is 1.68. The zero-order valence-electron chi connectivity index (χ0n) is 11.8. The monoisotopic (exact) mass is 275 g/mol. The molecule has 0 saturated heterocycles. The highest BCUT2D eigenvalue weighted by molar-refractivity contribution is 5.51. The number of furan rings is 1. The Kier molecular flexibility index (Phi) is 4.16. The largest absolute Gasteiger partial charge is 0.472 e. The van der Waals surface area contributed by atoms with Crippen molar-refractivity contribution in [1.82, 2.24) is 15.5 Å². The van der Waals surface area contributed by atoms with Gasteiger partial charge in [-0.25, -0.2) is 0 Å². The number of likely N-dealkylation sites (N-methyl/N-ethyl adjacent to an activating group) is 1. The van der Waals surface area contributed by atoms with E-state index in [9.17, 15) is 0 Å². The minimum absolute atomic E-state index is 0.445. The quantitative estimate of drug-likeness (QED) is 0.877. The molecule has 3 rings (SSSR count). The molecule has 2 heterocycles. The molecule has 0 aliphatic heterocycles. The lowest BCUT2D eigenvalue weighted by Crippen LogP contribution is -2.37. The third kappa shape index (κ3) is 2.93. The molecule has 0 spiro atoms. The minimum Gasteiger partial charge on any atom is -0.472 e. The molecule has 2 aromatic heterocycles. The van der Waals surface area contributed by atoms with Crippen LogP contribution in [-0.2, 0) is 6.42 Å². The van der Waals surface area contributed by atoms with Gasteiger partial charge in [-0.3, -0.25) is 0 Å². The average Bonchev–Trinajstić information content (AvgIpc) is 3.20. The van der Waals surface area contributed by atoms with Crippen molar-refractivity contribution in [1.29, 1.82) is 0 Å². The second-order valence-electron chi connectivity index (χ2n) is 5.44. The van der Waals surface area contributed by atoms with Crippen molar-refractivity contribution in [2.45, 2.75) is 45.1 Å². The first-order valence-electron chi connectivity index (χ1n) is 7.45. The van der Waals surface area contributed by atoms with Gasteiger partial charge in [0.15, 0.2) is 0 Å². The van der Waals surface area contributed by atoms with Crippen LogP contribution >= 0.6 is 0 Å². The lowest BCUT2D eigenvalue weighted by atomic mass is 9.95. The van der Waals surface area contributed by atoms with Crippen molar-refractivity contribution >= 4 is 0 Å². The van der Waals surface area contributed by atoms with E-state index in [1.165, 1.54) is 25.7 Å². The molecule has 108 valence electrons. The molecule has 1 fully saturated rings. The number of hydrogen-bond donors (Lipinski definition) is 1. The molecule has 1 saturated carbocycles. The fourth-order valence-corrected chi connectivity index (χ4v) is 3.06. The summed E-state index contributed by atoms with van der Waals surface area (Å²) in [6.45, 7) is 3.12. The zero-order chi connectivity index (χ0) is 13.8. The lowest BCUT2D eigenvalue weighted by molar-refractivity contribution is 0.311. The van der Waals surface area contributed by atoms with Gasteiger partial charge < -0.3 is 14.3 Å². The Morgan fingerprint density at radius 3 is 2.95 bits per heavy atom. The summed E-state index contributed by atoms with van der Waals surface area (Å²) in [5, 5.41) is 7.60. The standard InChI is InChI=1S/C15H21N3O2/c1-2-16-13(11-5-3-4-6-11)9-14-17-15(18-20-14)12-7-8-19-10-12/h7-8,10-11,13,16H,2-6,9H2,1H3. The summed E-state index contributed by atoms with van der Waals surface area (Å²) >= 11 is 0. The van der Waals surface area contributed by atoms with Crippen molar-refractivity contribution in [3.05, 3.63) is 24.5 Å². The van der Waals surface area contributed by atoms with Crippen LogP contribution in [0.15, 0.2) is 27.5 Å². The Hall–Kier alpha value is -1.62. The molecule has 1 atom stereocenters. The molecular weight excluding hydrogens is 254 g/mol. The molecule has 0 bridgehead atoms. The van der Waals surface area contributed by atoms with Crippen molar-refractivity contribution in [2.24, 2.45) is 5.92 Å². The van der Waals surface area contributed by atoms with E-state index in [0.29, 0.717) is 17.8 Å². The van der Waals surface area contributed by atoms with Gasteiger partial charge in [-0.2, -0.15) is 4.98 Å². The average molecular weight is 275 g/mol. The number of hydrogen-bond acceptors (Lipinski definition) is 5. The molecule has 1 aliphatic carbocycles. The zero-order valence-corrected chi connectivity index (χ0v) is 11.8. The number of rotatable bonds is 6. The van der Waals surface area contributed by atoms with Crippen molar-refractivity contribution in [2.75, 3.05) is 6.54 Å². The van der Waals surface area contributed by atoms with Gasteiger partial charge in [-0.15, -0.1) is 0 Å². The fourth-order valence-electron chi connectivity index (χ4n) is 3.06. The van der Waals surface area contributed by atoms with Crippen LogP contribution < -0.4 is 5.32 Å². The molecule has 1 aliphatic rings. The molecule has 5 nitrogen and oxygen atoms in total. The Morgan fingerprint density at radius 2 is 2.25 bits per heavy atom. The van der Waals surface area contributed by atoms with Gasteiger partial charge in [-0.05, 0) is 31.4 Å². The first kappa shape index (κ1) is 13.4. The predicted octanol–water partition coefficient (Wildman–Crippen LogP) is 3.04. The maximum Gasteiger partial charge on any atom is 0.228 e. The third-order valence-electron chi connectivity index (χ3n) is 4.08. The van der Waals surface area contributed by atoms with E-state index >= 15 is 0 Å². The molecule has 0 aromatic carbocycles. The topological polar surface area (TPSA) is 64.1 Å². The number of nitrogens with one attached hydrogen (secondary N) is 1. The molecule has 1 unspecified atom stereocenters. The maximum atomic E-state index is 5.38. The van der Waals surface area contributed by atoms with Gasteiger partial charge in [0, 0.05) is 12.5 Å². The molecule has 5 heteroatoms. The van der Waals surface area contributed by atoms with Crippen LogP contribution in [-0.4, -0.2) is 22.7 Å². The molecule has 20 heavy (non-hydrogen) atoms. The minimum atomic E-state index is 0.445. The molecule has 1 N–H and O–H groups in total. The van der Waals surface area contributed by atoms with Crippen molar-refractivity contribution < 1.29 is 8.94 Å². The van der Waals surface area contributed by atoms with Crippen LogP contribution in [0.5, 0.6) is 0 Å². The van der Waals surface area contributed by atoms with E-state index in [0.717, 1.165) is 24.4 Å². The van der Waals surface area contributed by atoms with Crippen LogP contribution in [0.2, 0.25) is 0 Å². The van der Waals surface area contributed by atoms with Crippen molar-refractivity contribution in [3.63, 3.8) is 0 Å². The highest BCUT2D eigenvalue weighted by Gasteiger charge is 2.26. The first-order valence-corrected chi connectivity index (χ1v) is 7.45. The summed E-state index contributed by atoms with van der Waals surface area (Å²) in [7, 11) is 0. The molecular formula is C15H21N3O2. The number of nitrogens with zero attached hydrogens (tertiary/aromatic N) is 2. The fraction of sp³-hybridized carbons (Fsp3) is 0.600. The van der Waals surface area contributed by atoms with Gasteiger partial charge >= 0.3 is 0 Å². The summed E-state index contributed by atoms with van der Waals surface area (Å²) in [6.07, 6.45) is 9.36. The van der Waals surface area contributed by atoms with Gasteiger partial charge in [0.1, 0.15) is 6.26 Å². The summed E-state index contributed by atoms with van der Waals surface area (Å²) in [6, 6.07) is 2.29. The Labute approximate surface area is 118 Å². The summed E-state index contributed by atoms with van der Waals surface area (Å²) in [4.78, 5) is 4.47. The van der Waals surface area contributed by atoms with Gasteiger partial charge in [0.2, 0.25) is 11.7 Å². The van der Waals surface area contributed by atoms with Crippen LogP contribution in [0.3, 0.4) is 0 Å². The second kappa shape index (κ2) is 6.22. The normalized spacial score (nSPS) is 17.6. The van der Waals surface area contributed by atoms with E-state index in [-0.39, 0.29) is 0 Å². The first-order chi connectivity index (χ1) is 9.86. The third-order valence-corrected chi connectivity index (χ3v) is 4.08. The van der Waals surface area contributed by atoms with Crippen LogP contribution in [0, 0.1) is 5.92 Å². The molecule has 0 amide bonds. The summed E-state index contributed by atoms with van der Waals surface area (Å²) in [5.74, 6) is 2.05. The van der Waals surface area contributed by atoms with Gasteiger partial charge in [-0.1, -0.05) is 24.9 Å². The molecule has 0 radical (unpaired) electrons. The summed E-state index contributed by atoms with van der Waals surface area (Å²) < 4.78 is 10.4. The second-order valence-corrected chi connectivity index (χ2v) is 5.44. The van der Waals surface area contributed by atoms with Crippen LogP contribution in [0.1, 0.15) is 38.5 Å². The van der Waals surface area contributed by atoms with Gasteiger partial charge in [0.05, 0.1) is 11.8 Å². The lowest BCUT2D eigenvalue weighted by Gasteiger charge is -2.22. The van der Waals surface area contributed by atoms with E-state index in [1.54, 1.807) is 12.5 Å². The van der Waals surface area contributed by atoms with E-state index in [1.807, 2.05) is 6.07 Å².